The molecule has 0 fully saturated rings. The fraction of sp³-hybridized carbons (Fsp3) is 0.579. The average Bonchev–Trinajstić information content (AvgIpc) is 3.05. The summed E-state index contributed by atoms with van der Waals surface area (Å²) in [6.07, 6.45) is 3.23. The summed E-state index contributed by atoms with van der Waals surface area (Å²) < 4.78 is 8.22. The van der Waals surface area contributed by atoms with Gasteiger partial charge in [0.1, 0.15) is 23.0 Å². The topological polar surface area (TPSA) is 52.0 Å². The van der Waals surface area contributed by atoms with Gasteiger partial charge in [0.2, 0.25) is 0 Å². The van der Waals surface area contributed by atoms with E-state index in [9.17, 15) is 0 Å². The van der Waals surface area contributed by atoms with Crippen LogP contribution in [0.15, 0.2) is 18.2 Å². The van der Waals surface area contributed by atoms with E-state index in [1.807, 2.05) is 6.92 Å². The molecule has 0 spiro atoms. The Morgan fingerprint density at radius 1 is 1.33 bits per heavy atom. The first kappa shape index (κ1) is 15.6. The Bertz CT molecular complexity index is 750. The number of hydrogen-bond acceptors (Lipinski definition) is 4. The van der Waals surface area contributed by atoms with Gasteiger partial charge in [-0.3, -0.25) is 0 Å². The standard InChI is InChI=1S/C19H26N4O/c1-13-21-22-18-7-5-15(12-23(13)18)11-20-10-14-4-6-17-16(8-14)9-19(2,3)24-17/h4,6,8,15,20H,5,7,9-12H2,1-3H3. The summed E-state index contributed by atoms with van der Waals surface area (Å²) in [7, 11) is 0. The third kappa shape index (κ3) is 3.05. The minimum Gasteiger partial charge on any atom is -0.487 e. The number of rotatable bonds is 4. The first-order chi connectivity index (χ1) is 11.5. The fourth-order valence-electron chi connectivity index (χ4n) is 3.89. The number of hydrogen-bond donors (Lipinski definition) is 1. The van der Waals surface area contributed by atoms with Gasteiger partial charge in [-0.25, -0.2) is 0 Å². The second-order valence-corrected chi connectivity index (χ2v) is 7.79. The van der Waals surface area contributed by atoms with Gasteiger partial charge in [0.05, 0.1) is 0 Å². The zero-order valence-corrected chi connectivity index (χ0v) is 14.8. The van der Waals surface area contributed by atoms with Crippen LogP contribution in [0.25, 0.3) is 0 Å². The van der Waals surface area contributed by atoms with Gasteiger partial charge < -0.3 is 14.6 Å². The highest BCUT2D eigenvalue weighted by Gasteiger charge is 2.29. The van der Waals surface area contributed by atoms with Gasteiger partial charge in [-0.05, 0) is 56.8 Å². The monoisotopic (exact) mass is 326 g/mol. The van der Waals surface area contributed by atoms with Crippen LogP contribution >= 0.6 is 0 Å². The van der Waals surface area contributed by atoms with Crippen molar-refractivity contribution in [1.29, 1.82) is 0 Å². The van der Waals surface area contributed by atoms with Gasteiger partial charge in [0, 0.05) is 25.9 Å². The van der Waals surface area contributed by atoms with Crippen molar-refractivity contribution in [2.75, 3.05) is 6.54 Å². The predicted octanol–water partition coefficient (Wildman–Crippen LogP) is 2.65. The summed E-state index contributed by atoms with van der Waals surface area (Å²) in [6.45, 7) is 9.33. The van der Waals surface area contributed by atoms with E-state index >= 15 is 0 Å². The van der Waals surface area contributed by atoms with Crippen molar-refractivity contribution in [3.63, 3.8) is 0 Å². The third-order valence-corrected chi connectivity index (χ3v) is 5.12. The van der Waals surface area contributed by atoms with Gasteiger partial charge in [0.15, 0.2) is 0 Å². The number of aryl methyl sites for hydroxylation is 2. The molecule has 2 aliphatic heterocycles. The van der Waals surface area contributed by atoms with E-state index in [1.165, 1.54) is 17.5 Å². The molecule has 0 bridgehead atoms. The SMILES string of the molecule is Cc1nnc2n1CC(CNCc1ccc3c(c1)CC(C)(C)O3)CC2. The van der Waals surface area contributed by atoms with Crippen LogP contribution in [0.2, 0.25) is 0 Å². The van der Waals surface area contributed by atoms with E-state index in [-0.39, 0.29) is 5.60 Å². The molecular weight excluding hydrogens is 300 g/mol. The van der Waals surface area contributed by atoms with E-state index in [2.05, 4.69) is 52.1 Å². The molecule has 128 valence electrons. The molecular formula is C19H26N4O. The summed E-state index contributed by atoms with van der Waals surface area (Å²) in [5, 5.41) is 12.1. The van der Waals surface area contributed by atoms with Crippen LogP contribution in [-0.2, 0) is 25.9 Å². The Kier molecular flexibility index (Phi) is 3.83. The van der Waals surface area contributed by atoms with E-state index < -0.39 is 0 Å². The van der Waals surface area contributed by atoms with Crippen LogP contribution in [0.4, 0.5) is 0 Å². The Balaban J connectivity index is 1.32. The van der Waals surface area contributed by atoms with Crippen molar-refractivity contribution in [1.82, 2.24) is 20.1 Å². The molecule has 5 nitrogen and oxygen atoms in total. The fourth-order valence-corrected chi connectivity index (χ4v) is 3.89. The molecule has 24 heavy (non-hydrogen) atoms. The van der Waals surface area contributed by atoms with E-state index in [0.29, 0.717) is 5.92 Å². The second kappa shape index (κ2) is 5.88. The van der Waals surface area contributed by atoms with Crippen molar-refractivity contribution in [3.8, 4) is 5.75 Å². The van der Waals surface area contributed by atoms with Crippen molar-refractivity contribution in [3.05, 3.63) is 41.0 Å². The molecule has 1 N–H and O–H groups in total. The maximum absolute atomic E-state index is 5.95. The molecule has 0 aliphatic carbocycles. The number of nitrogens with one attached hydrogen (secondary N) is 1. The lowest BCUT2D eigenvalue weighted by molar-refractivity contribution is 0.138. The van der Waals surface area contributed by atoms with Crippen LogP contribution in [-0.4, -0.2) is 26.9 Å². The summed E-state index contributed by atoms with van der Waals surface area (Å²) >= 11 is 0. The molecule has 1 aromatic heterocycles. The minimum absolute atomic E-state index is 0.0646. The molecule has 2 aromatic rings. The van der Waals surface area contributed by atoms with Crippen LogP contribution < -0.4 is 10.1 Å². The highest BCUT2D eigenvalue weighted by Crippen LogP contribution is 2.35. The van der Waals surface area contributed by atoms with Gasteiger partial charge in [-0.15, -0.1) is 10.2 Å². The van der Waals surface area contributed by atoms with E-state index in [0.717, 1.165) is 49.9 Å². The maximum atomic E-state index is 5.95. The Hall–Kier alpha value is -1.88. The van der Waals surface area contributed by atoms with Crippen LogP contribution in [0, 0.1) is 12.8 Å². The molecule has 0 saturated heterocycles. The largest absolute Gasteiger partial charge is 0.487 e. The van der Waals surface area contributed by atoms with E-state index in [1.54, 1.807) is 0 Å². The van der Waals surface area contributed by atoms with Gasteiger partial charge in [-0.2, -0.15) is 0 Å². The lowest BCUT2D eigenvalue weighted by Gasteiger charge is -2.24. The Labute approximate surface area is 143 Å². The first-order valence-electron chi connectivity index (χ1n) is 8.90. The van der Waals surface area contributed by atoms with Crippen LogP contribution in [0.1, 0.15) is 43.0 Å². The Morgan fingerprint density at radius 2 is 2.21 bits per heavy atom. The average molecular weight is 326 g/mol. The molecule has 1 atom stereocenters. The van der Waals surface area contributed by atoms with Crippen LogP contribution in [0.5, 0.6) is 5.75 Å². The summed E-state index contributed by atoms with van der Waals surface area (Å²) in [6, 6.07) is 6.59. The van der Waals surface area contributed by atoms with Crippen molar-refractivity contribution in [2.45, 2.75) is 58.7 Å². The third-order valence-electron chi connectivity index (χ3n) is 5.12. The Morgan fingerprint density at radius 3 is 3.08 bits per heavy atom. The van der Waals surface area contributed by atoms with Crippen molar-refractivity contribution in [2.24, 2.45) is 5.92 Å². The van der Waals surface area contributed by atoms with Crippen molar-refractivity contribution < 1.29 is 4.74 Å². The maximum Gasteiger partial charge on any atom is 0.133 e. The summed E-state index contributed by atoms with van der Waals surface area (Å²) in [5.74, 6) is 3.89. The molecule has 0 saturated carbocycles. The smallest absolute Gasteiger partial charge is 0.133 e. The minimum atomic E-state index is -0.0646. The molecule has 0 amide bonds. The van der Waals surface area contributed by atoms with E-state index in [4.69, 9.17) is 4.74 Å². The van der Waals surface area contributed by atoms with Crippen LogP contribution in [0.3, 0.4) is 0 Å². The molecule has 2 aliphatic rings. The molecule has 4 rings (SSSR count). The number of nitrogens with zero attached hydrogens (tertiary/aromatic N) is 3. The van der Waals surface area contributed by atoms with Gasteiger partial charge >= 0.3 is 0 Å². The van der Waals surface area contributed by atoms with Gasteiger partial charge in [-0.1, -0.05) is 12.1 Å². The predicted molar refractivity (Wildman–Crippen MR) is 93.1 cm³/mol. The van der Waals surface area contributed by atoms with Gasteiger partial charge in [0.25, 0.3) is 0 Å². The molecule has 1 unspecified atom stereocenters. The highest BCUT2D eigenvalue weighted by molar-refractivity contribution is 5.41. The number of ether oxygens (including phenoxy) is 1. The molecule has 3 heterocycles. The molecule has 5 heteroatoms. The lowest BCUT2D eigenvalue weighted by atomic mass is 9.98. The first-order valence-corrected chi connectivity index (χ1v) is 8.90. The second-order valence-electron chi connectivity index (χ2n) is 7.79. The zero-order chi connectivity index (χ0) is 16.7. The lowest BCUT2D eigenvalue weighted by Crippen LogP contribution is -2.30. The molecule has 0 radical (unpaired) electrons. The number of fused-ring (bicyclic) bond motifs is 2. The number of aromatic nitrogens is 3. The quantitative estimate of drug-likeness (QED) is 0.938. The summed E-state index contributed by atoms with van der Waals surface area (Å²) in [5.41, 5.74) is 2.61. The highest BCUT2D eigenvalue weighted by atomic mass is 16.5. The zero-order valence-electron chi connectivity index (χ0n) is 14.8. The molecule has 1 aromatic carbocycles. The number of benzene rings is 1. The summed E-state index contributed by atoms with van der Waals surface area (Å²) in [4.78, 5) is 0. The van der Waals surface area contributed by atoms with Crippen molar-refractivity contribution >= 4 is 0 Å². The normalized spacial score (nSPS) is 21.2.